The zero-order chi connectivity index (χ0) is 22.7. The number of aliphatic hydroxyl groups is 2. The first-order valence-corrected chi connectivity index (χ1v) is 11.6. The molecule has 1 saturated carbocycles. The first-order valence-electron chi connectivity index (χ1n) is 11.6. The van der Waals surface area contributed by atoms with Crippen LogP contribution in [0.2, 0.25) is 0 Å². The predicted molar refractivity (Wildman–Crippen MR) is 123 cm³/mol. The van der Waals surface area contributed by atoms with Gasteiger partial charge in [0.2, 0.25) is 0 Å². The maximum Gasteiger partial charge on any atom is 0.129 e. The second-order valence-electron chi connectivity index (χ2n) is 9.65. The average molecular weight is 447 g/mol. The van der Waals surface area contributed by atoms with Crippen LogP contribution in [0.1, 0.15) is 55.2 Å². The summed E-state index contributed by atoms with van der Waals surface area (Å²) in [4.78, 5) is 4.22. The van der Waals surface area contributed by atoms with E-state index in [1.165, 1.54) is 11.6 Å². The van der Waals surface area contributed by atoms with Crippen molar-refractivity contribution in [2.45, 2.75) is 55.8 Å². The van der Waals surface area contributed by atoms with Crippen LogP contribution in [0.3, 0.4) is 0 Å². The number of nitrogens with zero attached hydrogens (tertiary/aromatic N) is 4. The lowest BCUT2D eigenvalue weighted by molar-refractivity contribution is -0.105. The first-order chi connectivity index (χ1) is 15.9. The Morgan fingerprint density at radius 3 is 2.85 bits per heavy atom. The standard InChI is InChI=1S/C26H27FN4O2/c1-30-14-18-6-5-17(11-21(18)29-30)16-7-9-26(33,10-8-16)24(32)12-22-25-19(3-2-4-20(25)27)23-13-28-15-31(22)23/h2-6,11,13-16,22,24,32-33H,7-10,12H2,1H3/t16?,22-,24-,26?/m0/s1. The molecule has 1 aliphatic carbocycles. The largest absolute Gasteiger partial charge is 0.390 e. The minimum absolute atomic E-state index is 0.248. The number of aliphatic hydroxyl groups excluding tert-OH is 1. The highest BCUT2D eigenvalue weighted by Crippen LogP contribution is 2.46. The molecule has 0 unspecified atom stereocenters. The van der Waals surface area contributed by atoms with E-state index in [0.717, 1.165) is 35.0 Å². The van der Waals surface area contributed by atoms with Crippen molar-refractivity contribution < 1.29 is 14.6 Å². The van der Waals surface area contributed by atoms with E-state index >= 15 is 0 Å². The van der Waals surface area contributed by atoms with E-state index in [2.05, 4.69) is 28.3 Å². The van der Waals surface area contributed by atoms with Crippen LogP contribution in [-0.2, 0) is 7.05 Å². The molecule has 0 spiro atoms. The number of benzene rings is 2. The van der Waals surface area contributed by atoms with Crippen molar-refractivity contribution in [1.82, 2.24) is 19.3 Å². The van der Waals surface area contributed by atoms with Crippen LogP contribution in [0.25, 0.3) is 22.2 Å². The van der Waals surface area contributed by atoms with E-state index in [1.54, 1.807) is 18.6 Å². The minimum atomic E-state index is -1.18. The molecule has 1 aliphatic heterocycles. The van der Waals surface area contributed by atoms with Gasteiger partial charge >= 0.3 is 0 Å². The number of aryl methyl sites for hydroxylation is 1. The highest BCUT2D eigenvalue weighted by atomic mass is 19.1. The molecule has 0 bridgehead atoms. The third kappa shape index (κ3) is 3.30. The van der Waals surface area contributed by atoms with Crippen molar-refractivity contribution >= 4 is 10.9 Å². The fourth-order valence-corrected chi connectivity index (χ4v) is 5.86. The lowest BCUT2D eigenvalue weighted by Crippen LogP contribution is -2.46. The van der Waals surface area contributed by atoms with Crippen molar-refractivity contribution in [3.8, 4) is 11.3 Å². The molecule has 33 heavy (non-hydrogen) atoms. The van der Waals surface area contributed by atoms with Crippen molar-refractivity contribution in [2.24, 2.45) is 7.05 Å². The van der Waals surface area contributed by atoms with Crippen LogP contribution in [0.4, 0.5) is 4.39 Å². The van der Waals surface area contributed by atoms with Gasteiger partial charge in [0.1, 0.15) is 5.82 Å². The number of fused-ring (bicyclic) bond motifs is 4. The summed E-state index contributed by atoms with van der Waals surface area (Å²) < 4.78 is 18.5. The fraction of sp³-hybridized carbons (Fsp3) is 0.385. The quantitative estimate of drug-likeness (QED) is 0.490. The fourth-order valence-electron chi connectivity index (χ4n) is 5.86. The van der Waals surface area contributed by atoms with Crippen molar-refractivity contribution in [3.05, 3.63) is 72.1 Å². The molecular weight excluding hydrogens is 419 g/mol. The first kappa shape index (κ1) is 20.6. The van der Waals surface area contributed by atoms with Gasteiger partial charge in [0.05, 0.1) is 41.5 Å². The Morgan fingerprint density at radius 1 is 1.21 bits per heavy atom. The van der Waals surface area contributed by atoms with Gasteiger partial charge in [-0.25, -0.2) is 9.37 Å². The zero-order valence-electron chi connectivity index (χ0n) is 18.5. The summed E-state index contributed by atoms with van der Waals surface area (Å²) >= 11 is 0. The molecule has 7 heteroatoms. The van der Waals surface area contributed by atoms with Crippen molar-refractivity contribution in [2.75, 3.05) is 0 Å². The molecule has 0 radical (unpaired) electrons. The summed E-state index contributed by atoms with van der Waals surface area (Å²) in [6, 6.07) is 11.0. The molecule has 6 nitrogen and oxygen atoms in total. The second-order valence-corrected chi connectivity index (χ2v) is 9.65. The van der Waals surface area contributed by atoms with Gasteiger partial charge in [-0.15, -0.1) is 0 Å². The van der Waals surface area contributed by atoms with E-state index in [4.69, 9.17) is 0 Å². The molecule has 2 aromatic heterocycles. The molecule has 2 N–H and O–H groups in total. The van der Waals surface area contributed by atoms with Crippen LogP contribution in [0, 0.1) is 5.82 Å². The predicted octanol–water partition coefficient (Wildman–Crippen LogP) is 4.32. The van der Waals surface area contributed by atoms with E-state index in [0.29, 0.717) is 24.3 Å². The van der Waals surface area contributed by atoms with E-state index in [1.807, 2.05) is 28.6 Å². The molecule has 1 fully saturated rings. The molecule has 0 amide bonds. The number of imidazole rings is 1. The molecule has 4 aromatic rings. The molecule has 2 aliphatic rings. The lowest BCUT2D eigenvalue weighted by atomic mass is 9.72. The van der Waals surface area contributed by atoms with Gasteiger partial charge in [-0.2, -0.15) is 5.10 Å². The smallest absolute Gasteiger partial charge is 0.129 e. The van der Waals surface area contributed by atoms with Gasteiger partial charge in [0, 0.05) is 36.2 Å². The SMILES string of the molecule is Cn1cc2ccc(C3CCC(O)([C@@H](O)C[C@H]4c5c(F)cccc5-c5cncn54)CC3)cc2n1. The summed E-state index contributed by atoms with van der Waals surface area (Å²) in [5.74, 6) is 0.0443. The third-order valence-corrected chi connectivity index (χ3v) is 7.70. The van der Waals surface area contributed by atoms with Gasteiger partial charge in [-0.1, -0.05) is 24.3 Å². The Labute approximate surface area is 191 Å². The summed E-state index contributed by atoms with van der Waals surface area (Å²) in [6.45, 7) is 0. The van der Waals surface area contributed by atoms with Crippen LogP contribution in [0.15, 0.2) is 55.1 Å². The van der Waals surface area contributed by atoms with Crippen molar-refractivity contribution in [3.63, 3.8) is 0 Å². The van der Waals surface area contributed by atoms with Gasteiger partial charge in [0.25, 0.3) is 0 Å². The topological polar surface area (TPSA) is 76.1 Å². The van der Waals surface area contributed by atoms with Crippen LogP contribution < -0.4 is 0 Å². The lowest BCUT2D eigenvalue weighted by Gasteiger charge is -2.40. The summed E-state index contributed by atoms with van der Waals surface area (Å²) in [7, 11) is 1.92. The number of hydrogen-bond acceptors (Lipinski definition) is 4. The summed E-state index contributed by atoms with van der Waals surface area (Å²) in [5.41, 5.74) is 3.27. The Kier molecular flexibility index (Phi) is 4.67. The van der Waals surface area contributed by atoms with Crippen LogP contribution in [-0.4, -0.2) is 41.2 Å². The second kappa shape index (κ2) is 7.50. The normalized spacial score (nSPS) is 25.2. The van der Waals surface area contributed by atoms with E-state index in [9.17, 15) is 14.6 Å². The molecule has 2 aromatic carbocycles. The monoisotopic (exact) mass is 446 g/mol. The van der Waals surface area contributed by atoms with Gasteiger partial charge in [-0.3, -0.25) is 4.68 Å². The maximum atomic E-state index is 14.7. The average Bonchev–Trinajstić information content (AvgIpc) is 3.49. The Hall–Kier alpha value is -3.03. The van der Waals surface area contributed by atoms with Gasteiger partial charge < -0.3 is 14.8 Å². The van der Waals surface area contributed by atoms with E-state index < -0.39 is 11.7 Å². The number of aromatic nitrogens is 4. The molecule has 170 valence electrons. The van der Waals surface area contributed by atoms with Crippen LogP contribution in [0.5, 0.6) is 0 Å². The molecule has 0 saturated heterocycles. The Balaban J connectivity index is 1.19. The number of halogens is 1. The van der Waals surface area contributed by atoms with E-state index in [-0.39, 0.29) is 18.3 Å². The molecule has 2 atom stereocenters. The summed E-state index contributed by atoms with van der Waals surface area (Å²) in [5, 5.41) is 28.2. The van der Waals surface area contributed by atoms with Gasteiger partial charge in [-0.05, 0) is 49.3 Å². The summed E-state index contributed by atoms with van der Waals surface area (Å²) in [6.07, 6.45) is 7.30. The minimum Gasteiger partial charge on any atom is -0.390 e. The highest BCUT2D eigenvalue weighted by molar-refractivity contribution is 5.78. The third-order valence-electron chi connectivity index (χ3n) is 7.70. The molecule has 6 rings (SSSR count). The highest BCUT2D eigenvalue weighted by Gasteiger charge is 2.43. The number of hydrogen-bond donors (Lipinski definition) is 2. The van der Waals surface area contributed by atoms with Crippen LogP contribution >= 0.6 is 0 Å². The van der Waals surface area contributed by atoms with Crippen molar-refractivity contribution in [1.29, 1.82) is 0 Å². The maximum absolute atomic E-state index is 14.7. The molecule has 3 heterocycles. The zero-order valence-corrected chi connectivity index (χ0v) is 18.5. The Morgan fingerprint density at radius 2 is 2.03 bits per heavy atom. The van der Waals surface area contributed by atoms with Gasteiger partial charge in [0.15, 0.2) is 0 Å². The number of rotatable bonds is 4. The Bertz CT molecular complexity index is 1340. The molecular formula is C26H27FN4O2.